The number of hydrogen-bond donors (Lipinski definition) is 6. The molecule has 3 aliphatic carbocycles. The lowest BCUT2D eigenvalue weighted by atomic mass is 9.77. The molecule has 7 aromatic rings. The number of primary sulfonamides is 3. The predicted molar refractivity (Wildman–Crippen MR) is 296 cm³/mol. The highest BCUT2D eigenvalue weighted by atomic mass is 79.9. The van der Waals surface area contributed by atoms with Crippen molar-refractivity contribution in [3.05, 3.63) is 194 Å². The molecule has 4 aromatic heterocycles. The Balaban J connectivity index is 0.000000119. The van der Waals surface area contributed by atoms with Crippen molar-refractivity contribution < 1.29 is 25.3 Å². The molecule has 13 rings (SSSR count). The number of rotatable bonds is 6. The zero-order valence-electron chi connectivity index (χ0n) is 39.2. The van der Waals surface area contributed by atoms with Crippen LogP contribution in [0.3, 0.4) is 0 Å². The molecule has 15 nitrogen and oxygen atoms in total. The van der Waals surface area contributed by atoms with Crippen LogP contribution in [0.15, 0.2) is 175 Å². The third-order valence-corrected chi connectivity index (χ3v) is 19.4. The van der Waals surface area contributed by atoms with Crippen LogP contribution in [-0.2, 0) is 30.1 Å². The van der Waals surface area contributed by atoms with Crippen LogP contribution in [0.1, 0.15) is 88.7 Å². The molecule has 3 aromatic carbocycles. The van der Waals surface area contributed by atoms with Crippen molar-refractivity contribution in [2.45, 2.75) is 69.8 Å². The quantitative estimate of drug-likeness (QED) is 0.0672. The lowest BCUT2D eigenvalue weighted by Gasteiger charge is -2.37. The standard InChI is InChI=1S/C19H17N3O2S2.2C17H16BrN3O2S/c20-26(23,24)13-4-5-17-16(9-13)14-2-1-3-15(14)18(22-17)12-8-11-6-7-25-19(11)21-10-12;18-16-7-4-10(9-20-16)17-13-3-1-2-12(13)14-8-11(24(19,22)23)5-6-15(14)21-17;18-10-4-6-16(20-9-10)17-13-3-1-2-12(13)14-8-11(24(19,22)23)5-7-15(14)21-17/h1-2,4-10,14-15,18,22H,3H2,(H2,20,23,24);2*1-2,4-9,12-13,17,21H,3H2,(H2,19,22,23)/t14-,15+,18+;12-,13+,17+;12-,13+,17-/m000/s1. The summed E-state index contributed by atoms with van der Waals surface area (Å²) in [7, 11) is -11.1. The van der Waals surface area contributed by atoms with E-state index in [-0.39, 0.29) is 50.6 Å². The number of anilines is 3. The van der Waals surface area contributed by atoms with Gasteiger partial charge in [0.2, 0.25) is 30.1 Å². The zero-order chi connectivity index (χ0) is 51.7. The van der Waals surface area contributed by atoms with E-state index in [2.05, 4.69) is 123 Å². The van der Waals surface area contributed by atoms with Crippen molar-refractivity contribution in [3.8, 4) is 0 Å². The first kappa shape index (κ1) is 50.5. The Labute approximate surface area is 450 Å². The number of allylic oxidation sites excluding steroid dienone is 6. The number of nitrogens with one attached hydrogen (secondary N) is 3. The number of nitrogens with two attached hydrogens (primary N) is 3. The number of hydrogen-bond acceptors (Lipinski definition) is 13. The number of sulfonamides is 3. The minimum absolute atomic E-state index is 0.0888. The summed E-state index contributed by atoms with van der Waals surface area (Å²) in [4.78, 5) is 15.0. The monoisotopic (exact) mass is 1190 g/mol. The summed E-state index contributed by atoms with van der Waals surface area (Å²) in [5, 5.41) is 29.8. The second kappa shape index (κ2) is 19.8. The van der Waals surface area contributed by atoms with E-state index < -0.39 is 30.1 Å². The van der Waals surface area contributed by atoms with Gasteiger partial charge in [-0.3, -0.25) is 4.98 Å². The Kier molecular flexibility index (Phi) is 13.5. The van der Waals surface area contributed by atoms with E-state index >= 15 is 0 Å². The van der Waals surface area contributed by atoms with Gasteiger partial charge in [-0.05, 0) is 187 Å². The molecular formula is C53H49Br2N9O6S4. The maximum atomic E-state index is 11.7. The first-order valence-electron chi connectivity index (χ1n) is 23.7. The molecule has 3 aliphatic heterocycles. The fraction of sp³-hybridized carbons (Fsp3) is 0.226. The van der Waals surface area contributed by atoms with Gasteiger partial charge in [-0.1, -0.05) is 42.5 Å². The van der Waals surface area contributed by atoms with Crippen molar-refractivity contribution >= 4 is 101 Å². The second-order valence-electron chi connectivity index (χ2n) is 19.2. The van der Waals surface area contributed by atoms with Gasteiger partial charge in [0.05, 0.1) is 38.5 Å². The third-order valence-electron chi connectivity index (χ3n) is 14.9. The molecule has 0 fully saturated rings. The largest absolute Gasteiger partial charge is 0.378 e. The van der Waals surface area contributed by atoms with Crippen LogP contribution in [-0.4, -0.2) is 40.2 Å². The lowest BCUT2D eigenvalue weighted by Crippen LogP contribution is -2.30. The van der Waals surface area contributed by atoms with Crippen molar-refractivity contribution in [2.24, 2.45) is 33.2 Å². The zero-order valence-corrected chi connectivity index (χ0v) is 45.6. The second-order valence-corrected chi connectivity index (χ2v) is 26.5. The highest BCUT2D eigenvalue weighted by molar-refractivity contribution is 9.10. The molecule has 7 heterocycles. The number of fused-ring (bicyclic) bond motifs is 10. The summed E-state index contributed by atoms with van der Waals surface area (Å²) in [5.41, 5.74) is 9.08. The molecule has 9 N–H and O–H groups in total. The fourth-order valence-electron chi connectivity index (χ4n) is 11.4. The molecule has 0 saturated carbocycles. The first-order valence-corrected chi connectivity index (χ1v) is 30.8. The predicted octanol–water partition coefficient (Wildman–Crippen LogP) is 10.4. The molecule has 0 bridgehead atoms. The van der Waals surface area contributed by atoms with E-state index in [1.54, 1.807) is 66.1 Å². The number of pyridine rings is 3. The summed E-state index contributed by atoms with van der Waals surface area (Å²) in [5.74, 6) is 1.49. The van der Waals surface area contributed by atoms with E-state index in [0.717, 1.165) is 89.1 Å². The number of aromatic nitrogens is 3. The maximum absolute atomic E-state index is 11.7. The van der Waals surface area contributed by atoms with Crippen LogP contribution in [0.25, 0.3) is 10.2 Å². The van der Waals surface area contributed by atoms with Gasteiger partial charge in [-0.15, -0.1) is 11.3 Å². The molecule has 74 heavy (non-hydrogen) atoms. The van der Waals surface area contributed by atoms with Crippen molar-refractivity contribution in [1.82, 2.24) is 15.0 Å². The Morgan fingerprint density at radius 2 is 0.973 bits per heavy atom. The highest BCUT2D eigenvalue weighted by Gasteiger charge is 2.41. The van der Waals surface area contributed by atoms with Crippen LogP contribution < -0.4 is 31.4 Å². The van der Waals surface area contributed by atoms with Gasteiger partial charge in [-0.2, -0.15) is 0 Å². The van der Waals surface area contributed by atoms with Gasteiger partial charge in [0.15, 0.2) is 0 Å². The van der Waals surface area contributed by atoms with Crippen LogP contribution >= 0.6 is 43.2 Å². The van der Waals surface area contributed by atoms with E-state index in [9.17, 15) is 25.3 Å². The van der Waals surface area contributed by atoms with Gasteiger partial charge >= 0.3 is 0 Å². The topological polar surface area (TPSA) is 255 Å². The van der Waals surface area contributed by atoms with Gasteiger partial charge in [0.1, 0.15) is 9.43 Å². The van der Waals surface area contributed by atoms with Crippen LogP contribution in [0, 0.1) is 17.8 Å². The molecule has 21 heteroatoms. The highest BCUT2D eigenvalue weighted by Crippen LogP contribution is 2.53. The van der Waals surface area contributed by atoms with Crippen LogP contribution in [0.2, 0.25) is 0 Å². The van der Waals surface area contributed by atoms with Gasteiger partial charge in [0.25, 0.3) is 0 Å². The lowest BCUT2D eigenvalue weighted by molar-refractivity contribution is 0.418. The molecule has 0 radical (unpaired) electrons. The normalized spacial score (nSPS) is 24.7. The van der Waals surface area contributed by atoms with Crippen molar-refractivity contribution in [1.29, 1.82) is 0 Å². The molecule has 9 atom stereocenters. The van der Waals surface area contributed by atoms with E-state index in [4.69, 9.17) is 15.4 Å². The van der Waals surface area contributed by atoms with E-state index in [0.29, 0.717) is 17.8 Å². The summed E-state index contributed by atoms with van der Waals surface area (Å²) < 4.78 is 71.8. The minimum Gasteiger partial charge on any atom is -0.378 e. The average Bonchev–Trinajstić information content (AvgIpc) is 4.24. The molecular weight excluding hydrogens is 1150 g/mol. The molecule has 0 unspecified atom stereocenters. The third kappa shape index (κ3) is 10.0. The molecule has 380 valence electrons. The van der Waals surface area contributed by atoms with Gasteiger partial charge < -0.3 is 16.0 Å². The van der Waals surface area contributed by atoms with Crippen LogP contribution in [0.5, 0.6) is 0 Å². The first-order chi connectivity index (χ1) is 35.4. The van der Waals surface area contributed by atoms with E-state index in [1.807, 2.05) is 36.7 Å². The molecule has 0 amide bonds. The summed E-state index contributed by atoms with van der Waals surface area (Å²) in [6, 6.07) is 27.8. The Morgan fingerprint density at radius 1 is 0.500 bits per heavy atom. The average molecular weight is 1200 g/mol. The number of halogens is 2. The van der Waals surface area contributed by atoms with Crippen molar-refractivity contribution in [2.75, 3.05) is 16.0 Å². The van der Waals surface area contributed by atoms with Crippen LogP contribution in [0.4, 0.5) is 17.1 Å². The fourth-order valence-corrected chi connectivity index (χ4v) is 14.2. The Bertz CT molecular complexity index is 3630. The molecule has 6 aliphatic rings. The van der Waals surface area contributed by atoms with Crippen molar-refractivity contribution in [3.63, 3.8) is 0 Å². The smallest absolute Gasteiger partial charge is 0.238 e. The minimum atomic E-state index is -3.71. The summed E-state index contributed by atoms with van der Waals surface area (Å²) in [6.45, 7) is 0. The Morgan fingerprint density at radius 3 is 1.43 bits per heavy atom. The SMILES string of the molecule is NS(=O)(=O)c1ccc2c(c1)[C@H]1C=CC[C@H]1[C@@H](c1ccc(Br)cn1)N2.NS(=O)(=O)c1ccc2c(c1)[C@H]1C=CC[C@H]1[C@@H](c1ccc(Br)nc1)N2.NS(=O)(=O)c1ccc2c(c1)[C@H]1C=CC[C@H]1[C@@H](c1cnc3sccc3c1)N2. The maximum Gasteiger partial charge on any atom is 0.238 e. The Hall–Kier alpha value is -5.62. The van der Waals surface area contributed by atoms with E-state index in [1.165, 1.54) is 0 Å². The summed E-state index contributed by atoms with van der Waals surface area (Å²) in [6.07, 6.45) is 21.4. The summed E-state index contributed by atoms with van der Waals surface area (Å²) >= 11 is 8.42. The number of nitrogens with zero attached hydrogens (tertiary/aromatic N) is 3. The van der Waals surface area contributed by atoms with Gasteiger partial charge in [0, 0.05) is 63.3 Å². The van der Waals surface area contributed by atoms with Gasteiger partial charge in [-0.25, -0.2) is 50.6 Å². The molecule has 0 saturated heterocycles. The molecule has 0 spiro atoms. The number of thiophene rings is 1. The number of benzene rings is 3.